The Labute approximate surface area is 166 Å². The number of hydrogen-bond donors (Lipinski definition) is 0. The molecule has 1 aliphatic rings. The van der Waals surface area contributed by atoms with E-state index in [1.54, 1.807) is 4.90 Å². The summed E-state index contributed by atoms with van der Waals surface area (Å²) in [4.78, 5) is 18.6. The molecule has 0 aromatic carbocycles. The molecule has 28 heavy (non-hydrogen) atoms. The van der Waals surface area contributed by atoms with E-state index >= 15 is 0 Å². The zero-order chi connectivity index (χ0) is 20.1. The molecule has 3 rings (SSSR count). The summed E-state index contributed by atoms with van der Waals surface area (Å²) in [5.74, 6) is 0.885. The summed E-state index contributed by atoms with van der Waals surface area (Å²) in [5.41, 5.74) is 2.17. The molecule has 0 N–H and O–H groups in total. The van der Waals surface area contributed by atoms with E-state index in [1.165, 1.54) is 0 Å². The maximum atomic E-state index is 12.2. The smallest absolute Gasteiger partial charge is 0.410 e. The Morgan fingerprint density at radius 1 is 1.14 bits per heavy atom. The van der Waals surface area contributed by atoms with Crippen molar-refractivity contribution in [2.45, 2.75) is 58.7 Å². The van der Waals surface area contributed by atoms with E-state index in [-0.39, 0.29) is 6.09 Å². The minimum Gasteiger partial charge on any atom is -0.471 e. The molecule has 2 aromatic rings. The van der Waals surface area contributed by atoms with E-state index in [9.17, 15) is 4.79 Å². The Kier molecular flexibility index (Phi) is 6.11. The number of hydrogen-bond acceptors (Lipinski definition) is 6. The van der Waals surface area contributed by atoms with Crippen molar-refractivity contribution < 1.29 is 14.3 Å². The van der Waals surface area contributed by atoms with Gasteiger partial charge in [-0.05, 0) is 58.7 Å². The summed E-state index contributed by atoms with van der Waals surface area (Å²) in [5, 5.41) is 8.14. The van der Waals surface area contributed by atoms with Crippen LogP contribution in [0.1, 0.15) is 56.6 Å². The van der Waals surface area contributed by atoms with E-state index in [0.717, 1.165) is 29.9 Å². The second-order valence-electron chi connectivity index (χ2n) is 8.10. The third kappa shape index (κ3) is 5.65. The van der Waals surface area contributed by atoms with Crippen LogP contribution in [0.5, 0.6) is 5.88 Å². The lowest BCUT2D eigenvalue weighted by molar-refractivity contribution is 0.0204. The lowest BCUT2D eigenvalue weighted by atomic mass is 9.93. The minimum absolute atomic E-state index is 0.241. The highest BCUT2D eigenvalue weighted by molar-refractivity contribution is 5.68. The molecule has 7 heteroatoms. The molecule has 0 atom stereocenters. The Morgan fingerprint density at radius 3 is 2.54 bits per heavy atom. The third-order valence-corrected chi connectivity index (χ3v) is 4.53. The average molecular weight is 384 g/mol. The summed E-state index contributed by atoms with van der Waals surface area (Å²) >= 11 is 0. The van der Waals surface area contributed by atoms with Gasteiger partial charge in [-0.3, -0.25) is 0 Å². The fourth-order valence-electron chi connectivity index (χ4n) is 3.07. The molecule has 0 saturated carbocycles. The first kappa shape index (κ1) is 20.0. The predicted molar refractivity (Wildman–Crippen MR) is 105 cm³/mol. The number of ether oxygens (including phenoxy) is 2. The Bertz CT molecular complexity index is 794. The summed E-state index contributed by atoms with van der Waals surface area (Å²) < 4.78 is 11.2. The van der Waals surface area contributed by atoms with E-state index < -0.39 is 5.60 Å². The molecule has 0 radical (unpaired) electrons. The SMILES string of the molecule is Cc1ccc(COc2cccc(C3CCN(C(=O)OC(C)(C)C)CC3)n2)nn1. The molecule has 150 valence electrons. The van der Waals surface area contributed by atoms with Gasteiger partial charge >= 0.3 is 6.09 Å². The zero-order valence-corrected chi connectivity index (χ0v) is 17.0. The topological polar surface area (TPSA) is 77.4 Å². The van der Waals surface area contributed by atoms with Crippen LogP contribution in [0, 0.1) is 6.92 Å². The average Bonchev–Trinajstić information content (AvgIpc) is 2.67. The number of rotatable bonds is 4. The van der Waals surface area contributed by atoms with Gasteiger partial charge in [0.1, 0.15) is 17.9 Å². The molecule has 0 spiro atoms. The first-order chi connectivity index (χ1) is 13.3. The van der Waals surface area contributed by atoms with Gasteiger partial charge in [0.05, 0.1) is 5.69 Å². The second kappa shape index (κ2) is 8.54. The van der Waals surface area contributed by atoms with Crippen molar-refractivity contribution in [3.05, 3.63) is 47.4 Å². The summed E-state index contributed by atoms with van der Waals surface area (Å²) in [6.45, 7) is 9.23. The normalized spacial score (nSPS) is 15.4. The molecule has 1 amide bonds. The zero-order valence-electron chi connectivity index (χ0n) is 17.0. The first-order valence-electron chi connectivity index (χ1n) is 9.67. The number of aromatic nitrogens is 3. The van der Waals surface area contributed by atoms with E-state index in [1.807, 2.05) is 58.0 Å². The van der Waals surface area contributed by atoms with Crippen molar-refractivity contribution in [3.8, 4) is 5.88 Å². The molecule has 7 nitrogen and oxygen atoms in total. The fourth-order valence-corrected chi connectivity index (χ4v) is 3.07. The first-order valence-corrected chi connectivity index (χ1v) is 9.67. The standard InChI is InChI=1S/C21H28N4O3/c1-15-8-9-17(24-23-15)14-27-19-7-5-6-18(22-19)16-10-12-25(13-11-16)20(26)28-21(2,3)4/h5-9,16H,10-14H2,1-4H3. The lowest BCUT2D eigenvalue weighted by Gasteiger charge is -2.33. The van der Waals surface area contributed by atoms with Gasteiger partial charge in [-0.1, -0.05) is 6.07 Å². The monoisotopic (exact) mass is 384 g/mol. The molecule has 0 unspecified atom stereocenters. The van der Waals surface area contributed by atoms with Gasteiger partial charge in [0.2, 0.25) is 5.88 Å². The number of carbonyl (C=O) groups excluding carboxylic acids is 1. The number of aryl methyl sites for hydroxylation is 1. The second-order valence-corrected chi connectivity index (χ2v) is 8.10. The van der Waals surface area contributed by atoms with Crippen LogP contribution in [-0.2, 0) is 11.3 Å². The number of carbonyl (C=O) groups is 1. The highest BCUT2D eigenvalue weighted by Crippen LogP contribution is 2.28. The predicted octanol–water partition coefficient (Wildman–Crippen LogP) is 3.87. The van der Waals surface area contributed by atoms with Gasteiger partial charge in [-0.2, -0.15) is 10.2 Å². The minimum atomic E-state index is -0.469. The Hall–Kier alpha value is -2.70. The van der Waals surface area contributed by atoms with Crippen LogP contribution in [0.25, 0.3) is 0 Å². The van der Waals surface area contributed by atoms with Gasteiger partial charge in [-0.15, -0.1) is 0 Å². The van der Waals surface area contributed by atoms with Gasteiger partial charge in [0.25, 0.3) is 0 Å². The van der Waals surface area contributed by atoms with Gasteiger partial charge in [0, 0.05) is 30.8 Å². The summed E-state index contributed by atoms with van der Waals surface area (Å²) in [6.07, 6.45) is 1.48. The lowest BCUT2D eigenvalue weighted by Crippen LogP contribution is -2.41. The summed E-state index contributed by atoms with van der Waals surface area (Å²) in [6, 6.07) is 9.64. The quantitative estimate of drug-likeness (QED) is 0.796. The molecule has 1 saturated heterocycles. The molecule has 2 aromatic heterocycles. The number of piperidine rings is 1. The van der Waals surface area contributed by atoms with Crippen LogP contribution in [-0.4, -0.2) is 44.9 Å². The van der Waals surface area contributed by atoms with Crippen molar-refractivity contribution in [1.82, 2.24) is 20.1 Å². The van der Waals surface area contributed by atoms with Gasteiger partial charge < -0.3 is 14.4 Å². The fraction of sp³-hybridized carbons (Fsp3) is 0.524. The third-order valence-electron chi connectivity index (χ3n) is 4.53. The summed E-state index contributed by atoms with van der Waals surface area (Å²) in [7, 11) is 0. The van der Waals surface area contributed by atoms with E-state index in [4.69, 9.17) is 9.47 Å². The Balaban J connectivity index is 1.54. The largest absolute Gasteiger partial charge is 0.471 e. The maximum absolute atomic E-state index is 12.2. The molecular weight excluding hydrogens is 356 g/mol. The van der Waals surface area contributed by atoms with Crippen molar-refractivity contribution in [1.29, 1.82) is 0 Å². The maximum Gasteiger partial charge on any atom is 0.410 e. The number of nitrogens with zero attached hydrogens (tertiary/aromatic N) is 4. The number of amides is 1. The molecule has 1 fully saturated rings. The van der Waals surface area contributed by atoms with Crippen LogP contribution in [0.4, 0.5) is 4.79 Å². The molecular formula is C21H28N4O3. The van der Waals surface area contributed by atoms with Crippen molar-refractivity contribution in [2.75, 3.05) is 13.1 Å². The highest BCUT2D eigenvalue weighted by atomic mass is 16.6. The van der Waals surface area contributed by atoms with Crippen LogP contribution in [0.3, 0.4) is 0 Å². The number of likely N-dealkylation sites (tertiary alicyclic amines) is 1. The van der Waals surface area contributed by atoms with Crippen LogP contribution in [0.15, 0.2) is 30.3 Å². The highest BCUT2D eigenvalue weighted by Gasteiger charge is 2.28. The van der Waals surface area contributed by atoms with Crippen LogP contribution < -0.4 is 4.74 Å². The van der Waals surface area contributed by atoms with E-state index in [2.05, 4.69) is 15.2 Å². The Morgan fingerprint density at radius 2 is 1.89 bits per heavy atom. The van der Waals surface area contributed by atoms with Crippen molar-refractivity contribution in [2.24, 2.45) is 0 Å². The number of pyridine rings is 1. The van der Waals surface area contributed by atoms with Crippen LogP contribution in [0.2, 0.25) is 0 Å². The van der Waals surface area contributed by atoms with Gasteiger partial charge in [-0.25, -0.2) is 9.78 Å². The van der Waals surface area contributed by atoms with Crippen LogP contribution >= 0.6 is 0 Å². The van der Waals surface area contributed by atoms with Crippen molar-refractivity contribution >= 4 is 6.09 Å². The van der Waals surface area contributed by atoms with E-state index in [0.29, 0.717) is 31.5 Å². The van der Waals surface area contributed by atoms with Crippen molar-refractivity contribution in [3.63, 3.8) is 0 Å². The van der Waals surface area contributed by atoms with Gasteiger partial charge in [0.15, 0.2) is 0 Å². The molecule has 3 heterocycles. The molecule has 1 aliphatic heterocycles. The molecule has 0 bridgehead atoms. The molecule has 0 aliphatic carbocycles.